The van der Waals surface area contributed by atoms with Gasteiger partial charge in [0.05, 0.1) is 23.3 Å². The predicted octanol–water partition coefficient (Wildman–Crippen LogP) is 2.43. The number of methoxy groups -OCH3 is 1. The van der Waals surface area contributed by atoms with E-state index in [4.69, 9.17) is 16.3 Å². The highest BCUT2D eigenvalue weighted by atomic mass is 35.5. The largest absolute Gasteiger partial charge is 0.496 e. The summed E-state index contributed by atoms with van der Waals surface area (Å²) < 4.78 is 28.3. The first-order valence-electron chi connectivity index (χ1n) is 8.43. The van der Waals surface area contributed by atoms with Gasteiger partial charge < -0.3 is 15.4 Å². The van der Waals surface area contributed by atoms with E-state index >= 15 is 0 Å². The van der Waals surface area contributed by atoms with Crippen LogP contribution in [-0.2, 0) is 21.1 Å². The van der Waals surface area contributed by atoms with E-state index in [2.05, 4.69) is 10.6 Å². The number of nitrogens with zero attached hydrogens (tertiary/aromatic N) is 1. The SMILES string of the molecule is COc1ccc(Cl)cc1CC(=O)NCCNc1ccc(S(C)(=O)=O)cc1[N+](=O)[O-]. The van der Waals surface area contributed by atoms with Crippen molar-refractivity contribution in [3.05, 3.63) is 57.1 Å². The highest BCUT2D eigenvalue weighted by Gasteiger charge is 2.18. The van der Waals surface area contributed by atoms with E-state index in [0.717, 1.165) is 12.3 Å². The lowest BCUT2D eigenvalue weighted by atomic mass is 10.1. The monoisotopic (exact) mass is 441 g/mol. The molecule has 1 amide bonds. The maximum absolute atomic E-state index is 12.1. The van der Waals surface area contributed by atoms with Crippen LogP contribution in [0.5, 0.6) is 5.75 Å². The molecule has 0 saturated heterocycles. The molecule has 0 unspecified atom stereocenters. The Morgan fingerprint density at radius 1 is 1.21 bits per heavy atom. The standard InChI is InChI=1S/C18H20ClN3O6S/c1-28-17-6-3-13(19)9-12(17)10-18(23)21-8-7-20-15-5-4-14(29(2,26)27)11-16(15)22(24)25/h3-6,9,11,20H,7-8,10H2,1-2H3,(H,21,23). The highest BCUT2D eigenvalue weighted by molar-refractivity contribution is 7.90. The molecule has 0 aliphatic rings. The van der Waals surface area contributed by atoms with Crippen LogP contribution in [-0.4, -0.2) is 45.7 Å². The topological polar surface area (TPSA) is 128 Å². The van der Waals surface area contributed by atoms with Crippen LogP contribution in [0.25, 0.3) is 0 Å². The zero-order valence-electron chi connectivity index (χ0n) is 15.8. The normalized spacial score (nSPS) is 11.0. The molecule has 0 aliphatic heterocycles. The summed E-state index contributed by atoms with van der Waals surface area (Å²) in [5.41, 5.74) is 0.438. The molecule has 156 valence electrons. The average molecular weight is 442 g/mol. The lowest BCUT2D eigenvalue weighted by molar-refractivity contribution is -0.384. The number of ether oxygens (including phenoxy) is 1. The summed E-state index contributed by atoms with van der Waals surface area (Å²) in [4.78, 5) is 22.5. The Kier molecular flexibility index (Phi) is 7.40. The number of carbonyl (C=O) groups is 1. The Hall–Kier alpha value is -2.85. The lowest BCUT2D eigenvalue weighted by Gasteiger charge is -2.11. The van der Waals surface area contributed by atoms with Crippen LogP contribution in [0.1, 0.15) is 5.56 Å². The van der Waals surface area contributed by atoms with E-state index in [1.165, 1.54) is 19.2 Å². The average Bonchev–Trinajstić information content (AvgIpc) is 2.64. The molecule has 0 radical (unpaired) electrons. The summed E-state index contributed by atoms with van der Waals surface area (Å²) in [7, 11) is -2.06. The molecule has 0 aromatic heterocycles. The second kappa shape index (κ2) is 9.57. The number of anilines is 1. The van der Waals surface area contributed by atoms with Gasteiger partial charge in [0.2, 0.25) is 5.91 Å². The van der Waals surface area contributed by atoms with Crippen LogP contribution in [0, 0.1) is 10.1 Å². The van der Waals surface area contributed by atoms with Gasteiger partial charge in [-0.05, 0) is 30.3 Å². The van der Waals surface area contributed by atoms with E-state index in [1.54, 1.807) is 18.2 Å². The number of nitrogens with one attached hydrogen (secondary N) is 2. The van der Waals surface area contributed by atoms with E-state index in [-0.39, 0.29) is 41.7 Å². The van der Waals surface area contributed by atoms with Crippen molar-refractivity contribution in [3.63, 3.8) is 0 Å². The first-order chi connectivity index (χ1) is 13.6. The molecule has 2 N–H and O–H groups in total. The third-order valence-electron chi connectivity index (χ3n) is 3.95. The number of halogens is 1. The molecule has 29 heavy (non-hydrogen) atoms. The van der Waals surface area contributed by atoms with Gasteiger partial charge >= 0.3 is 0 Å². The summed E-state index contributed by atoms with van der Waals surface area (Å²) in [5, 5.41) is 17.2. The fourth-order valence-corrected chi connectivity index (χ4v) is 3.40. The fraction of sp³-hybridized carbons (Fsp3) is 0.278. The molecular formula is C18H20ClN3O6S. The Balaban J connectivity index is 1.94. The smallest absolute Gasteiger partial charge is 0.293 e. The molecular weight excluding hydrogens is 422 g/mol. The van der Waals surface area contributed by atoms with E-state index in [1.807, 2.05) is 0 Å². The van der Waals surface area contributed by atoms with Gasteiger partial charge in [-0.2, -0.15) is 0 Å². The Morgan fingerprint density at radius 3 is 2.55 bits per heavy atom. The van der Waals surface area contributed by atoms with Gasteiger partial charge in [0.15, 0.2) is 9.84 Å². The minimum atomic E-state index is -3.56. The fourth-order valence-electron chi connectivity index (χ4n) is 2.56. The Bertz CT molecular complexity index is 1030. The number of carbonyl (C=O) groups excluding carboxylic acids is 1. The van der Waals surface area contributed by atoms with Gasteiger partial charge in [-0.1, -0.05) is 11.6 Å². The Morgan fingerprint density at radius 2 is 1.93 bits per heavy atom. The number of sulfone groups is 1. The molecule has 0 spiro atoms. The van der Waals surface area contributed by atoms with E-state index < -0.39 is 14.8 Å². The summed E-state index contributed by atoms with van der Waals surface area (Å²) in [5.74, 6) is 0.276. The third kappa shape index (κ3) is 6.33. The van der Waals surface area contributed by atoms with Crippen LogP contribution >= 0.6 is 11.6 Å². The van der Waals surface area contributed by atoms with Gasteiger partial charge in [0.1, 0.15) is 11.4 Å². The summed E-state index contributed by atoms with van der Waals surface area (Å²) in [6, 6.07) is 8.59. The number of nitro groups is 1. The van der Waals surface area contributed by atoms with Crippen molar-refractivity contribution >= 4 is 38.7 Å². The van der Waals surface area contributed by atoms with Gasteiger partial charge in [-0.3, -0.25) is 14.9 Å². The van der Waals surface area contributed by atoms with E-state index in [0.29, 0.717) is 16.3 Å². The van der Waals surface area contributed by atoms with Crippen molar-refractivity contribution in [2.45, 2.75) is 11.3 Å². The minimum Gasteiger partial charge on any atom is -0.496 e. The molecule has 0 atom stereocenters. The van der Waals surface area contributed by atoms with Crippen molar-refractivity contribution in [1.82, 2.24) is 5.32 Å². The lowest BCUT2D eigenvalue weighted by Crippen LogP contribution is -2.30. The van der Waals surface area contributed by atoms with Gasteiger partial charge in [0.25, 0.3) is 5.69 Å². The number of rotatable bonds is 9. The van der Waals surface area contributed by atoms with Gasteiger partial charge in [-0.25, -0.2) is 8.42 Å². The van der Waals surface area contributed by atoms with Crippen LogP contribution in [0.2, 0.25) is 5.02 Å². The van der Waals surface area contributed by atoms with Crippen LogP contribution in [0.3, 0.4) is 0 Å². The summed E-state index contributed by atoms with van der Waals surface area (Å²) in [6.07, 6.45) is 1.04. The summed E-state index contributed by atoms with van der Waals surface area (Å²) >= 11 is 5.94. The Labute approximate surface area is 173 Å². The molecule has 0 aliphatic carbocycles. The zero-order valence-corrected chi connectivity index (χ0v) is 17.3. The minimum absolute atomic E-state index is 0.0624. The molecule has 0 bridgehead atoms. The third-order valence-corrected chi connectivity index (χ3v) is 5.30. The summed E-state index contributed by atoms with van der Waals surface area (Å²) in [6.45, 7) is 0.407. The molecule has 9 nitrogen and oxygen atoms in total. The molecule has 0 heterocycles. The van der Waals surface area contributed by atoms with Crippen molar-refractivity contribution < 1.29 is 22.9 Å². The second-order valence-electron chi connectivity index (χ2n) is 6.12. The molecule has 2 aromatic rings. The first kappa shape index (κ1) is 22.4. The number of amides is 1. The maximum Gasteiger partial charge on any atom is 0.293 e. The first-order valence-corrected chi connectivity index (χ1v) is 10.7. The number of benzene rings is 2. The van der Waals surface area contributed by atoms with Crippen LogP contribution in [0.4, 0.5) is 11.4 Å². The second-order valence-corrected chi connectivity index (χ2v) is 8.57. The number of hydrogen-bond acceptors (Lipinski definition) is 7. The highest BCUT2D eigenvalue weighted by Crippen LogP contribution is 2.27. The number of hydrogen-bond donors (Lipinski definition) is 2. The molecule has 11 heteroatoms. The van der Waals surface area contributed by atoms with Crippen molar-refractivity contribution in [2.75, 3.05) is 31.8 Å². The van der Waals surface area contributed by atoms with Crippen LogP contribution in [0.15, 0.2) is 41.3 Å². The molecule has 0 saturated carbocycles. The van der Waals surface area contributed by atoms with Crippen molar-refractivity contribution in [2.24, 2.45) is 0 Å². The quantitative estimate of drug-likeness (QED) is 0.347. The molecule has 0 fully saturated rings. The maximum atomic E-state index is 12.1. The van der Waals surface area contributed by atoms with E-state index in [9.17, 15) is 23.3 Å². The predicted molar refractivity (Wildman–Crippen MR) is 109 cm³/mol. The molecule has 2 rings (SSSR count). The van der Waals surface area contributed by atoms with Gasteiger partial charge in [0, 0.05) is 36.0 Å². The zero-order chi connectivity index (χ0) is 21.6. The molecule has 2 aromatic carbocycles. The number of nitro benzene ring substituents is 1. The van der Waals surface area contributed by atoms with Crippen molar-refractivity contribution in [3.8, 4) is 5.75 Å². The van der Waals surface area contributed by atoms with Crippen molar-refractivity contribution in [1.29, 1.82) is 0 Å². The van der Waals surface area contributed by atoms with Gasteiger partial charge in [-0.15, -0.1) is 0 Å². The van der Waals surface area contributed by atoms with Crippen LogP contribution < -0.4 is 15.4 Å².